The fourth-order valence-electron chi connectivity index (χ4n) is 3.42. The van der Waals surface area contributed by atoms with E-state index in [1.54, 1.807) is 4.90 Å². The van der Waals surface area contributed by atoms with E-state index in [1.807, 2.05) is 48.5 Å². The summed E-state index contributed by atoms with van der Waals surface area (Å²) in [5, 5.41) is 2.75. The maximum atomic E-state index is 12.5. The molecule has 1 aliphatic heterocycles. The number of carbonyl (C=O) groups excluding carboxylic acids is 3. The third kappa shape index (κ3) is 5.06. The van der Waals surface area contributed by atoms with E-state index in [-0.39, 0.29) is 18.9 Å². The average molecular weight is 408 g/mol. The number of anilines is 2. The number of esters is 1. The molecule has 3 rings (SSSR count). The zero-order valence-corrected chi connectivity index (χ0v) is 17.7. The van der Waals surface area contributed by atoms with Gasteiger partial charge in [-0.15, -0.1) is 0 Å². The first-order valence-electron chi connectivity index (χ1n) is 10.4. The van der Waals surface area contributed by atoms with Crippen LogP contribution in [0.5, 0.6) is 0 Å². The van der Waals surface area contributed by atoms with Crippen LogP contribution in [0.3, 0.4) is 0 Å². The summed E-state index contributed by atoms with van der Waals surface area (Å²) in [5.41, 5.74) is 3.78. The molecule has 0 spiro atoms. The average Bonchev–Trinajstić information content (AvgIpc) is 3.16. The van der Waals surface area contributed by atoms with Crippen LogP contribution in [-0.4, -0.2) is 30.4 Å². The van der Waals surface area contributed by atoms with Gasteiger partial charge in [0.05, 0.1) is 5.92 Å². The molecule has 1 aliphatic rings. The van der Waals surface area contributed by atoms with Gasteiger partial charge in [-0.3, -0.25) is 14.4 Å². The van der Waals surface area contributed by atoms with Crippen LogP contribution in [0.4, 0.5) is 11.4 Å². The number of benzene rings is 2. The van der Waals surface area contributed by atoms with Crippen LogP contribution in [-0.2, 0) is 32.0 Å². The Bertz CT molecular complexity index is 906. The van der Waals surface area contributed by atoms with E-state index in [4.69, 9.17) is 4.74 Å². The lowest BCUT2D eigenvalue weighted by molar-refractivity contribution is -0.157. The van der Waals surface area contributed by atoms with E-state index in [0.29, 0.717) is 5.69 Å². The van der Waals surface area contributed by atoms with E-state index >= 15 is 0 Å². The number of hydrogen-bond donors (Lipinski definition) is 1. The molecule has 1 saturated heterocycles. The van der Waals surface area contributed by atoms with Gasteiger partial charge in [-0.25, -0.2) is 0 Å². The van der Waals surface area contributed by atoms with E-state index in [9.17, 15) is 14.4 Å². The molecule has 0 unspecified atom stereocenters. The van der Waals surface area contributed by atoms with Crippen molar-refractivity contribution < 1.29 is 19.1 Å². The first-order chi connectivity index (χ1) is 14.4. The molecular weight excluding hydrogens is 380 g/mol. The molecule has 30 heavy (non-hydrogen) atoms. The Labute approximate surface area is 177 Å². The second-order valence-electron chi connectivity index (χ2n) is 7.54. The molecule has 1 N–H and O–H groups in total. The number of rotatable bonds is 7. The molecule has 158 valence electrons. The van der Waals surface area contributed by atoms with Crippen molar-refractivity contribution in [2.45, 2.75) is 46.1 Å². The molecule has 2 aromatic rings. The second-order valence-corrected chi connectivity index (χ2v) is 7.54. The van der Waals surface area contributed by atoms with Gasteiger partial charge in [0.2, 0.25) is 5.91 Å². The Morgan fingerprint density at radius 2 is 1.60 bits per heavy atom. The summed E-state index contributed by atoms with van der Waals surface area (Å²) in [5.74, 6) is -1.62. The molecule has 6 nitrogen and oxygen atoms in total. The summed E-state index contributed by atoms with van der Waals surface area (Å²) < 4.78 is 5.35. The molecule has 0 radical (unpaired) electrons. The van der Waals surface area contributed by atoms with Crippen LogP contribution in [0.25, 0.3) is 0 Å². The highest BCUT2D eigenvalue weighted by Gasteiger charge is 2.37. The van der Waals surface area contributed by atoms with Gasteiger partial charge in [-0.05, 0) is 55.2 Å². The van der Waals surface area contributed by atoms with Gasteiger partial charge in [0, 0.05) is 24.3 Å². The summed E-state index contributed by atoms with van der Waals surface area (Å²) in [6.07, 6.45) is 0.978. The predicted molar refractivity (Wildman–Crippen MR) is 116 cm³/mol. The third-order valence-corrected chi connectivity index (χ3v) is 5.41. The lowest BCUT2D eigenvalue weighted by atomic mass is 10.1. The monoisotopic (exact) mass is 408 g/mol. The molecule has 1 heterocycles. The van der Waals surface area contributed by atoms with E-state index in [0.717, 1.165) is 18.5 Å². The number of nitrogens with zero attached hydrogens (tertiary/aromatic N) is 1. The minimum Gasteiger partial charge on any atom is -0.452 e. The standard InChI is InChI=1S/C24H28N2O4/c1-4-17-6-10-20(11-7-17)25-23(28)16(3)30-24(29)19-14-22(27)26(15-19)21-12-8-18(5-2)9-13-21/h6-13,16,19H,4-5,14-15H2,1-3H3,(H,25,28)/t16-,19-/m0/s1. The summed E-state index contributed by atoms with van der Waals surface area (Å²) in [4.78, 5) is 38.9. The number of nitrogens with one attached hydrogen (secondary N) is 1. The highest BCUT2D eigenvalue weighted by molar-refractivity contribution is 6.00. The number of aryl methyl sites for hydroxylation is 2. The molecule has 2 atom stereocenters. The minimum absolute atomic E-state index is 0.0845. The smallest absolute Gasteiger partial charge is 0.312 e. The molecule has 0 aliphatic carbocycles. The number of ether oxygens (including phenoxy) is 1. The van der Waals surface area contributed by atoms with Gasteiger partial charge < -0.3 is 15.0 Å². The van der Waals surface area contributed by atoms with Crippen molar-refractivity contribution in [3.63, 3.8) is 0 Å². The van der Waals surface area contributed by atoms with Crippen molar-refractivity contribution in [2.75, 3.05) is 16.8 Å². The fourth-order valence-corrected chi connectivity index (χ4v) is 3.42. The molecule has 6 heteroatoms. The predicted octanol–water partition coefficient (Wildman–Crippen LogP) is 3.73. The summed E-state index contributed by atoms with van der Waals surface area (Å²) in [6, 6.07) is 15.3. The van der Waals surface area contributed by atoms with Gasteiger partial charge in [0.25, 0.3) is 5.91 Å². The largest absolute Gasteiger partial charge is 0.452 e. The van der Waals surface area contributed by atoms with Crippen LogP contribution < -0.4 is 10.2 Å². The van der Waals surface area contributed by atoms with Crippen molar-refractivity contribution in [3.8, 4) is 0 Å². The van der Waals surface area contributed by atoms with Crippen molar-refractivity contribution in [2.24, 2.45) is 5.92 Å². The maximum absolute atomic E-state index is 12.5. The van der Waals surface area contributed by atoms with Gasteiger partial charge >= 0.3 is 5.97 Å². The molecular formula is C24H28N2O4. The first-order valence-corrected chi connectivity index (χ1v) is 10.4. The number of amides is 2. The summed E-state index contributed by atoms with van der Waals surface area (Å²) >= 11 is 0. The fraction of sp³-hybridized carbons (Fsp3) is 0.375. The summed E-state index contributed by atoms with van der Waals surface area (Å²) in [6.45, 7) is 5.92. The maximum Gasteiger partial charge on any atom is 0.312 e. The van der Waals surface area contributed by atoms with Crippen molar-refractivity contribution >= 4 is 29.2 Å². The highest BCUT2D eigenvalue weighted by atomic mass is 16.5. The Morgan fingerprint density at radius 1 is 1.03 bits per heavy atom. The van der Waals surface area contributed by atoms with Crippen LogP contribution in [0.2, 0.25) is 0 Å². The summed E-state index contributed by atoms with van der Waals surface area (Å²) in [7, 11) is 0. The van der Waals surface area contributed by atoms with E-state index < -0.39 is 23.9 Å². The molecule has 0 aromatic heterocycles. The quantitative estimate of drug-likeness (QED) is 0.708. The number of carbonyl (C=O) groups is 3. The molecule has 2 amide bonds. The highest BCUT2D eigenvalue weighted by Crippen LogP contribution is 2.26. The normalized spacial score (nSPS) is 17.0. The van der Waals surface area contributed by atoms with Gasteiger partial charge in [-0.1, -0.05) is 38.1 Å². The second kappa shape index (κ2) is 9.57. The minimum atomic E-state index is -0.948. The van der Waals surface area contributed by atoms with Crippen LogP contribution in [0.15, 0.2) is 48.5 Å². The van der Waals surface area contributed by atoms with Crippen LogP contribution in [0, 0.1) is 5.92 Å². The molecule has 1 fully saturated rings. The SMILES string of the molecule is CCc1ccc(NC(=O)[C@H](C)OC(=O)[C@H]2CC(=O)N(c3ccc(CC)cc3)C2)cc1. The lowest BCUT2D eigenvalue weighted by Gasteiger charge is -2.18. The molecule has 0 bridgehead atoms. The first kappa shape index (κ1) is 21.6. The Morgan fingerprint density at radius 3 is 2.17 bits per heavy atom. The van der Waals surface area contributed by atoms with Crippen molar-refractivity contribution in [1.82, 2.24) is 0 Å². The van der Waals surface area contributed by atoms with Crippen LogP contribution >= 0.6 is 0 Å². The van der Waals surface area contributed by atoms with Gasteiger partial charge in [-0.2, -0.15) is 0 Å². The Balaban J connectivity index is 1.55. The molecule has 0 saturated carbocycles. The Kier molecular flexibility index (Phi) is 6.87. The molecule has 2 aromatic carbocycles. The van der Waals surface area contributed by atoms with Crippen molar-refractivity contribution in [3.05, 3.63) is 59.7 Å². The number of hydrogen-bond acceptors (Lipinski definition) is 4. The zero-order chi connectivity index (χ0) is 21.7. The van der Waals surface area contributed by atoms with E-state index in [2.05, 4.69) is 19.2 Å². The topological polar surface area (TPSA) is 75.7 Å². The van der Waals surface area contributed by atoms with Gasteiger partial charge in [0.15, 0.2) is 6.10 Å². The van der Waals surface area contributed by atoms with Gasteiger partial charge in [0.1, 0.15) is 0 Å². The van der Waals surface area contributed by atoms with Crippen LogP contribution in [0.1, 0.15) is 38.3 Å². The lowest BCUT2D eigenvalue weighted by Crippen LogP contribution is -2.33. The zero-order valence-electron chi connectivity index (χ0n) is 17.7. The van der Waals surface area contributed by atoms with Crippen molar-refractivity contribution in [1.29, 1.82) is 0 Å². The third-order valence-electron chi connectivity index (χ3n) is 5.41. The Hall–Kier alpha value is -3.15. The van der Waals surface area contributed by atoms with E-state index in [1.165, 1.54) is 18.1 Å².